The predicted molar refractivity (Wildman–Crippen MR) is 92.1 cm³/mol. The maximum absolute atomic E-state index is 6.30. The summed E-state index contributed by atoms with van der Waals surface area (Å²) in [5.74, 6) is 0.854. The number of piperazine rings is 1. The molecule has 0 aliphatic carbocycles. The summed E-state index contributed by atoms with van der Waals surface area (Å²) in [7, 11) is 0. The van der Waals surface area contributed by atoms with Crippen LogP contribution in [0, 0.1) is 0 Å². The van der Waals surface area contributed by atoms with Gasteiger partial charge in [0.2, 0.25) is 0 Å². The second-order valence-corrected chi connectivity index (χ2v) is 6.30. The van der Waals surface area contributed by atoms with Gasteiger partial charge >= 0.3 is 0 Å². The van der Waals surface area contributed by atoms with Crippen molar-refractivity contribution in [1.29, 1.82) is 0 Å². The van der Waals surface area contributed by atoms with Crippen molar-refractivity contribution in [3.63, 3.8) is 0 Å². The number of nitrogens with zero attached hydrogens (tertiary/aromatic N) is 3. The van der Waals surface area contributed by atoms with Crippen LogP contribution >= 0.6 is 0 Å². The Morgan fingerprint density at radius 2 is 2.08 bits per heavy atom. The highest BCUT2D eigenvalue weighted by Crippen LogP contribution is 2.23. The van der Waals surface area contributed by atoms with Crippen LogP contribution in [-0.4, -0.2) is 65.9 Å². The van der Waals surface area contributed by atoms with Gasteiger partial charge in [-0.25, -0.2) is 4.98 Å². The summed E-state index contributed by atoms with van der Waals surface area (Å²) in [6, 6.07) is 9.92. The van der Waals surface area contributed by atoms with Gasteiger partial charge in [-0.15, -0.1) is 0 Å². The van der Waals surface area contributed by atoms with Crippen molar-refractivity contribution < 1.29 is 14.2 Å². The summed E-state index contributed by atoms with van der Waals surface area (Å²) >= 11 is 0. The molecule has 3 atom stereocenters. The van der Waals surface area contributed by atoms with E-state index >= 15 is 0 Å². The van der Waals surface area contributed by atoms with E-state index < -0.39 is 0 Å². The molecule has 0 bridgehead atoms. The van der Waals surface area contributed by atoms with E-state index in [9.17, 15) is 0 Å². The normalized spacial score (nSPS) is 25.8. The van der Waals surface area contributed by atoms with E-state index in [4.69, 9.17) is 14.2 Å². The van der Waals surface area contributed by atoms with E-state index in [0.29, 0.717) is 13.2 Å². The van der Waals surface area contributed by atoms with Crippen LogP contribution in [0.2, 0.25) is 0 Å². The Balaban J connectivity index is 1.43. The standard InChI is InChI=1S/C18H24N4O3/c1-2-4-15(5-3-1)24-18(22-10-7-19-8-11-22)16-13-23-17(25-16)12-21-9-6-20-14-21/h1-6,9,14,16-19H,7-8,10-13H2. The molecule has 3 unspecified atom stereocenters. The van der Waals surface area contributed by atoms with Gasteiger partial charge in [0.05, 0.1) is 19.5 Å². The van der Waals surface area contributed by atoms with Gasteiger partial charge in [0, 0.05) is 38.6 Å². The van der Waals surface area contributed by atoms with Gasteiger partial charge in [-0.1, -0.05) is 18.2 Å². The third-order valence-electron chi connectivity index (χ3n) is 4.52. The maximum atomic E-state index is 6.30. The van der Waals surface area contributed by atoms with E-state index in [2.05, 4.69) is 15.2 Å². The van der Waals surface area contributed by atoms with Gasteiger partial charge in [-0.05, 0) is 12.1 Å². The number of nitrogens with one attached hydrogen (secondary N) is 1. The number of hydrogen-bond acceptors (Lipinski definition) is 6. The van der Waals surface area contributed by atoms with Crippen LogP contribution in [-0.2, 0) is 16.0 Å². The molecule has 2 aliphatic heterocycles. The zero-order chi connectivity index (χ0) is 16.9. The Kier molecular flexibility index (Phi) is 5.27. The van der Waals surface area contributed by atoms with Crippen molar-refractivity contribution >= 4 is 0 Å². The molecule has 0 amide bonds. The molecule has 0 saturated carbocycles. The SMILES string of the molecule is c1ccc(OC(C2COC(Cn3ccnc3)O2)N2CCNCC2)cc1. The quantitative estimate of drug-likeness (QED) is 0.841. The Morgan fingerprint density at radius 1 is 1.24 bits per heavy atom. The van der Waals surface area contributed by atoms with Crippen LogP contribution in [0.4, 0.5) is 0 Å². The molecule has 2 aliphatic rings. The zero-order valence-corrected chi connectivity index (χ0v) is 14.2. The Labute approximate surface area is 147 Å². The van der Waals surface area contributed by atoms with E-state index in [1.165, 1.54) is 0 Å². The molecule has 0 spiro atoms. The van der Waals surface area contributed by atoms with Crippen LogP contribution in [0.25, 0.3) is 0 Å². The Morgan fingerprint density at radius 3 is 2.84 bits per heavy atom. The minimum Gasteiger partial charge on any atom is -0.472 e. The molecule has 2 fully saturated rings. The molecule has 7 nitrogen and oxygen atoms in total. The van der Waals surface area contributed by atoms with E-state index in [1.54, 1.807) is 12.5 Å². The molecule has 1 aromatic heterocycles. The number of ether oxygens (including phenoxy) is 3. The molecule has 1 N–H and O–H groups in total. The maximum Gasteiger partial charge on any atom is 0.181 e. The third kappa shape index (κ3) is 4.19. The predicted octanol–water partition coefficient (Wildman–Crippen LogP) is 0.935. The molecule has 3 heterocycles. The minimum atomic E-state index is -0.274. The van der Waals surface area contributed by atoms with Crippen LogP contribution in [0.5, 0.6) is 5.75 Å². The third-order valence-corrected chi connectivity index (χ3v) is 4.52. The first-order valence-corrected chi connectivity index (χ1v) is 8.78. The fraction of sp³-hybridized carbons (Fsp3) is 0.500. The highest BCUT2D eigenvalue weighted by atomic mass is 16.7. The van der Waals surface area contributed by atoms with Crippen molar-refractivity contribution in [1.82, 2.24) is 19.8 Å². The first-order chi connectivity index (χ1) is 12.4. The van der Waals surface area contributed by atoms with Crippen molar-refractivity contribution in [3.05, 3.63) is 49.1 Å². The first kappa shape index (κ1) is 16.5. The van der Waals surface area contributed by atoms with Gasteiger partial charge in [-0.2, -0.15) is 0 Å². The summed E-state index contributed by atoms with van der Waals surface area (Å²) in [4.78, 5) is 6.39. The Bertz CT molecular complexity index is 631. The molecule has 2 saturated heterocycles. The summed E-state index contributed by atoms with van der Waals surface area (Å²) in [6.07, 6.45) is 4.89. The average Bonchev–Trinajstić information content (AvgIpc) is 3.34. The van der Waals surface area contributed by atoms with Gasteiger partial charge < -0.3 is 24.1 Å². The fourth-order valence-electron chi connectivity index (χ4n) is 3.25. The lowest BCUT2D eigenvalue weighted by Gasteiger charge is -2.37. The van der Waals surface area contributed by atoms with Crippen LogP contribution in [0.1, 0.15) is 0 Å². The molecule has 25 heavy (non-hydrogen) atoms. The van der Waals surface area contributed by atoms with Gasteiger partial charge in [0.1, 0.15) is 11.9 Å². The lowest BCUT2D eigenvalue weighted by molar-refractivity contribution is -0.116. The minimum absolute atomic E-state index is 0.119. The molecule has 7 heteroatoms. The summed E-state index contributed by atoms with van der Waals surface area (Å²) in [5.41, 5.74) is 0. The topological polar surface area (TPSA) is 60.8 Å². The number of rotatable bonds is 6. The smallest absolute Gasteiger partial charge is 0.181 e. The summed E-state index contributed by atoms with van der Waals surface area (Å²) in [6.45, 7) is 4.95. The lowest BCUT2D eigenvalue weighted by Crippen LogP contribution is -2.55. The van der Waals surface area contributed by atoms with Crippen molar-refractivity contribution in [3.8, 4) is 5.75 Å². The van der Waals surface area contributed by atoms with Crippen molar-refractivity contribution in [2.24, 2.45) is 0 Å². The highest BCUT2D eigenvalue weighted by Gasteiger charge is 2.38. The van der Waals surface area contributed by atoms with Crippen molar-refractivity contribution in [2.75, 3.05) is 32.8 Å². The second kappa shape index (κ2) is 7.97. The molecule has 0 radical (unpaired) electrons. The molecular weight excluding hydrogens is 320 g/mol. The monoisotopic (exact) mass is 344 g/mol. The lowest BCUT2D eigenvalue weighted by atomic mass is 10.2. The van der Waals surface area contributed by atoms with Gasteiger partial charge in [0.15, 0.2) is 12.5 Å². The van der Waals surface area contributed by atoms with Crippen molar-refractivity contribution in [2.45, 2.75) is 25.2 Å². The summed E-state index contributed by atoms with van der Waals surface area (Å²) in [5, 5.41) is 3.38. The average molecular weight is 344 g/mol. The van der Waals surface area contributed by atoms with E-state index in [0.717, 1.165) is 31.9 Å². The highest BCUT2D eigenvalue weighted by molar-refractivity contribution is 5.21. The molecule has 134 valence electrons. The zero-order valence-electron chi connectivity index (χ0n) is 14.2. The number of benzene rings is 1. The number of hydrogen-bond donors (Lipinski definition) is 1. The Hall–Kier alpha value is -1.93. The molecule has 1 aromatic carbocycles. The van der Waals surface area contributed by atoms with E-state index in [1.807, 2.05) is 41.1 Å². The van der Waals surface area contributed by atoms with Crippen LogP contribution < -0.4 is 10.1 Å². The number of para-hydroxylation sites is 1. The van der Waals surface area contributed by atoms with Crippen LogP contribution in [0.3, 0.4) is 0 Å². The van der Waals surface area contributed by atoms with Gasteiger partial charge in [-0.3, -0.25) is 4.90 Å². The molecular formula is C18H24N4O3. The first-order valence-electron chi connectivity index (χ1n) is 8.78. The molecule has 4 rings (SSSR count). The fourth-order valence-corrected chi connectivity index (χ4v) is 3.25. The van der Waals surface area contributed by atoms with Crippen LogP contribution in [0.15, 0.2) is 49.1 Å². The second-order valence-electron chi connectivity index (χ2n) is 6.30. The number of aromatic nitrogens is 2. The van der Waals surface area contributed by atoms with Gasteiger partial charge in [0.25, 0.3) is 0 Å². The van der Waals surface area contributed by atoms with E-state index in [-0.39, 0.29) is 18.6 Å². The number of imidazole rings is 1. The largest absolute Gasteiger partial charge is 0.472 e. The summed E-state index contributed by atoms with van der Waals surface area (Å²) < 4.78 is 20.3. The molecule has 2 aromatic rings.